The minimum absolute atomic E-state index is 0.138. The van der Waals surface area contributed by atoms with Crippen molar-refractivity contribution in [2.24, 2.45) is 0 Å². The van der Waals surface area contributed by atoms with Gasteiger partial charge in [-0.2, -0.15) is 5.21 Å². The van der Waals surface area contributed by atoms with Crippen molar-refractivity contribution in [1.29, 1.82) is 0 Å². The van der Waals surface area contributed by atoms with Crippen LogP contribution >= 0.6 is 7.60 Å². The van der Waals surface area contributed by atoms with Crippen LogP contribution in [0.2, 0.25) is 0 Å². The molecule has 3 heterocycles. The first-order chi connectivity index (χ1) is 9.95. The van der Waals surface area contributed by atoms with Gasteiger partial charge >= 0.3 is 7.60 Å². The Hall–Kier alpha value is -2.13. The molecule has 110 valence electrons. The molecule has 0 aliphatic rings. The topological polar surface area (TPSA) is 150 Å². The number of nitrogens with one attached hydrogen (secondary N) is 1. The highest BCUT2D eigenvalue weighted by Crippen LogP contribution is 2.32. The number of aliphatic hydroxyl groups is 1. The number of H-pyrrole nitrogens is 1. The quantitative estimate of drug-likeness (QED) is 0.445. The highest BCUT2D eigenvalue weighted by atomic mass is 31.2. The zero-order valence-corrected chi connectivity index (χ0v) is 11.4. The van der Waals surface area contributed by atoms with E-state index in [1.54, 1.807) is 18.3 Å². The number of aromatic amines is 1. The van der Waals surface area contributed by atoms with E-state index in [0.29, 0.717) is 11.2 Å². The molecule has 0 amide bonds. The van der Waals surface area contributed by atoms with Gasteiger partial charge in [0.05, 0.1) is 0 Å². The van der Waals surface area contributed by atoms with Gasteiger partial charge in [-0.3, -0.25) is 4.57 Å². The largest absolute Gasteiger partial charge is 0.385 e. The van der Waals surface area contributed by atoms with Crippen molar-refractivity contribution < 1.29 is 19.5 Å². The third-order valence-electron chi connectivity index (χ3n) is 2.92. The lowest BCUT2D eigenvalue weighted by atomic mass is 10.1. The number of rotatable bonds is 4. The molecular weight excluding hydrogens is 299 g/mol. The second-order valence-electron chi connectivity index (χ2n) is 4.40. The van der Waals surface area contributed by atoms with E-state index in [1.165, 1.54) is 10.6 Å². The fourth-order valence-corrected chi connectivity index (χ4v) is 2.47. The molecule has 0 fully saturated rings. The monoisotopic (exact) mass is 310 g/mol. The van der Waals surface area contributed by atoms with E-state index < -0.39 is 13.7 Å². The minimum Gasteiger partial charge on any atom is -0.385 e. The average molecular weight is 310 g/mol. The van der Waals surface area contributed by atoms with Gasteiger partial charge in [-0.05, 0) is 11.6 Å². The van der Waals surface area contributed by atoms with Crippen molar-refractivity contribution in [3.05, 3.63) is 35.9 Å². The number of pyridine rings is 1. The lowest BCUT2D eigenvalue weighted by molar-refractivity contribution is 0.168. The number of aliphatic hydroxyl groups excluding tert-OH is 1. The van der Waals surface area contributed by atoms with Crippen molar-refractivity contribution in [1.82, 2.24) is 30.0 Å². The van der Waals surface area contributed by atoms with Gasteiger partial charge in [-0.15, -0.1) is 10.2 Å². The Bertz CT molecular complexity index is 810. The van der Waals surface area contributed by atoms with Crippen LogP contribution in [0, 0.1) is 0 Å². The maximum Gasteiger partial charge on any atom is 0.376 e. The highest BCUT2D eigenvalue weighted by Gasteiger charge is 2.23. The summed E-state index contributed by atoms with van der Waals surface area (Å²) < 4.78 is 12.8. The second kappa shape index (κ2) is 5.01. The van der Waals surface area contributed by atoms with Crippen molar-refractivity contribution in [2.75, 3.05) is 0 Å². The van der Waals surface area contributed by atoms with E-state index in [1.807, 2.05) is 0 Å². The molecule has 0 saturated heterocycles. The van der Waals surface area contributed by atoms with Gasteiger partial charge in [-0.25, -0.2) is 4.98 Å². The summed E-state index contributed by atoms with van der Waals surface area (Å²) in [4.78, 5) is 22.3. The first kappa shape index (κ1) is 13.8. The van der Waals surface area contributed by atoms with Gasteiger partial charge < -0.3 is 19.3 Å². The average Bonchev–Trinajstić information content (AvgIpc) is 3.07. The summed E-state index contributed by atoms with van der Waals surface area (Å²) in [6.07, 6.45) is 2.03. The molecule has 0 aliphatic heterocycles. The molecule has 3 aromatic heterocycles. The Kier molecular flexibility index (Phi) is 3.30. The fourth-order valence-electron chi connectivity index (χ4n) is 1.97. The van der Waals surface area contributed by atoms with Crippen LogP contribution in [-0.4, -0.2) is 44.9 Å². The third kappa shape index (κ3) is 2.69. The van der Waals surface area contributed by atoms with Crippen molar-refractivity contribution in [3.8, 4) is 0 Å². The van der Waals surface area contributed by atoms with Crippen LogP contribution in [0.25, 0.3) is 5.65 Å². The molecule has 4 N–H and O–H groups in total. The summed E-state index contributed by atoms with van der Waals surface area (Å²) in [6.45, 7) is 0. The van der Waals surface area contributed by atoms with Gasteiger partial charge in [0.2, 0.25) is 5.82 Å². The van der Waals surface area contributed by atoms with Crippen LogP contribution in [0.5, 0.6) is 0 Å². The smallest absolute Gasteiger partial charge is 0.376 e. The van der Waals surface area contributed by atoms with Crippen molar-refractivity contribution in [2.45, 2.75) is 12.5 Å². The van der Waals surface area contributed by atoms with Gasteiger partial charge in [0.1, 0.15) is 11.8 Å². The lowest BCUT2D eigenvalue weighted by Gasteiger charge is -2.07. The summed E-state index contributed by atoms with van der Waals surface area (Å²) in [5, 5.41) is 23.0. The molecule has 3 aromatic rings. The molecule has 11 heteroatoms. The van der Waals surface area contributed by atoms with Crippen molar-refractivity contribution >= 4 is 18.7 Å². The van der Waals surface area contributed by atoms with E-state index in [-0.39, 0.29) is 17.7 Å². The molecule has 21 heavy (non-hydrogen) atoms. The lowest BCUT2D eigenvalue weighted by Crippen LogP contribution is -2.06. The molecule has 1 atom stereocenters. The first-order valence-electron chi connectivity index (χ1n) is 5.89. The van der Waals surface area contributed by atoms with Gasteiger partial charge in [0, 0.05) is 18.8 Å². The number of hydrogen-bond acceptors (Lipinski definition) is 6. The minimum atomic E-state index is -4.43. The molecule has 0 aliphatic carbocycles. The number of aromatic nitrogens is 6. The number of hydrogen-bond donors (Lipinski definition) is 4. The molecule has 3 rings (SSSR count). The zero-order chi connectivity index (χ0) is 15.0. The molecule has 1 unspecified atom stereocenters. The standard InChI is InChI=1S/C10H11N6O4P/c17-7(9-12-14-15-13-9)4-6-2-1-3-16-5-8(11-10(6)16)21(18,19)20/h1-3,5,7,17H,4H2,(H2,18,19,20)(H,12,13,14,15). The molecule has 0 radical (unpaired) electrons. The van der Waals surface area contributed by atoms with Crippen LogP contribution in [0.1, 0.15) is 17.5 Å². The SMILES string of the molecule is O=P(O)(O)c1cn2cccc(CC(O)c3nn[nH]n3)c2n1. The Morgan fingerprint density at radius 2 is 2.24 bits per heavy atom. The Balaban J connectivity index is 1.99. The van der Waals surface area contributed by atoms with Crippen LogP contribution in [0.15, 0.2) is 24.5 Å². The van der Waals surface area contributed by atoms with Crippen molar-refractivity contribution in [3.63, 3.8) is 0 Å². The second-order valence-corrected chi connectivity index (χ2v) is 5.94. The summed E-state index contributed by atoms with van der Waals surface area (Å²) in [6, 6.07) is 3.39. The predicted molar refractivity (Wildman–Crippen MR) is 69.7 cm³/mol. The van der Waals surface area contributed by atoms with Crippen LogP contribution in [-0.2, 0) is 11.0 Å². The fraction of sp³-hybridized carbons (Fsp3) is 0.200. The first-order valence-corrected chi connectivity index (χ1v) is 7.50. The number of tetrazole rings is 1. The predicted octanol–water partition coefficient (Wildman–Crippen LogP) is -1.07. The van der Waals surface area contributed by atoms with Gasteiger partial charge in [0.25, 0.3) is 0 Å². The van der Waals surface area contributed by atoms with Crippen LogP contribution in [0.3, 0.4) is 0 Å². The molecule has 0 aromatic carbocycles. The third-order valence-corrected chi connectivity index (χ3v) is 3.73. The van der Waals surface area contributed by atoms with E-state index in [9.17, 15) is 9.67 Å². The molecule has 10 nitrogen and oxygen atoms in total. The summed E-state index contributed by atoms with van der Waals surface area (Å²) in [7, 11) is -4.43. The summed E-state index contributed by atoms with van der Waals surface area (Å²) in [5.74, 6) is 0.138. The maximum atomic E-state index is 11.3. The van der Waals surface area contributed by atoms with E-state index in [2.05, 4.69) is 25.6 Å². The summed E-state index contributed by atoms with van der Waals surface area (Å²) in [5.41, 5.74) is 0.650. The summed E-state index contributed by atoms with van der Waals surface area (Å²) >= 11 is 0. The molecular formula is C10H11N6O4P. The molecule has 0 saturated carbocycles. The molecule has 0 bridgehead atoms. The van der Waals surface area contributed by atoms with Crippen LogP contribution in [0.4, 0.5) is 0 Å². The normalized spacial score (nSPS) is 13.7. The number of nitrogens with zero attached hydrogens (tertiary/aromatic N) is 5. The maximum absolute atomic E-state index is 11.3. The van der Waals surface area contributed by atoms with E-state index >= 15 is 0 Å². The Morgan fingerprint density at radius 1 is 1.43 bits per heavy atom. The Labute approximate surface area is 117 Å². The molecule has 0 spiro atoms. The van der Waals surface area contributed by atoms with Gasteiger partial charge in [0.15, 0.2) is 5.44 Å². The Morgan fingerprint density at radius 3 is 2.90 bits per heavy atom. The number of imidazole rings is 1. The van der Waals surface area contributed by atoms with E-state index in [4.69, 9.17) is 9.79 Å². The number of fused-ring (bicyclic) bond motifs is 1. The van der Waals surface area contributed by atoms with E-state index in [0.717, 1.165) is 0 Å². The van der Waals surface area contributed by atoms with Gasteiger partial charge in [-0.1, -0.05) is 11.3 Å². The van der Waals surface area contributed by atoms with Crippen LogP contribution < -0.4 is 5.44 Å². The highest BCUT2D eigenvalue weighted by molar-refractivity contribution is 7.60. The zero-order valence-electron chi connectivity index (χ0n) is 10.5.